The third-order valence-corrected chi connectivity index (χ3v) is 4.11. The molecule has 6 heteroatoms. The highest BCUT2D eigenvalue weighted by molar-refractivity contribution is 6.09. The lowest BCUT2D eigenvalue weighted by atomic mass is 10.0. The number of halogens is 3. The maximum absolute atomic E-state index is 12.7. The molecular weight excluding hydrogens is 353 g/mol. The average Bonchev–Trinajstić information content (AvgIpc) is 2.60. The smallest absolute Gasteiger partial charge is 0.321 e. The molecule has 0 aliphatic carbocycles. The van der Waals surface area contributed by atoms with E-state index in [1.54, 1.807) is 25.3 Å². The van der Waals surface area contributed by atoms with Gasteiger partial charge in [0.05, 0.1) is 0 Å². The summed E-state index contributed by atoms with van der Waals surface area (Å²) in [6, 6.07) is 12.0. The summed E-state index contributed by atoms with van der Waals surface area (Å²) in [5.41, 5.74) is 2.87. The number of amides is 1. The molecule has 1 N–H and O–H groups in total. The van der Waals surface area contributed by atoms with Crippen LogP contribution in [0.1, 0.15) is 27.2 Å². The number of fused-ring (bicyclic) bond motifs is 1. The van der Waals surface area contributed by atoms with Crippen molar-refractivity contribution in [3.8, 4) is 0 Å². The number of carbonyl (C=O) groups is 1. The lowest BCUT2D eigenvalue weighted by Gasteiger charge is -2.11. The van der Waals surface area contributed by atoms with Crippen LogP contribution >= 0.6 is 0 Å². The molecule has 0 atom stereocenters. The number of nitrogens with one attached hydrogen (secondary N) is 1. The molecule has 27 heavy (non-hydrogen) atoms. The second-order valence-corrected chi connectivity index (χ2v) is 6.26. The Bertz CT molecular complexity index is 1040. The number of aryl methyl sites for hydroxylation is 2. The van der Waals surface area contributed by atoms with E-state index < -0.39 is 6.18 Å². The van der Waals surface area contributed by atoms with Gasteiger partial charge in [0.25, 0.3) is 5.91 Å². The van der Waals surface area contributed by atoms with E-state index in [1.165, 1.54) is 12.1 Å². The number of nitrogens with zero attached hydrogens (tertiary/aromatic N) is 1. The van der Waals surface area contributed by atoms with Crippen LogP contribution in [0, 0.1) is 13.8 Å². The van der Waals surface area contributed by atoms with Gasteiger partial charge in [-0.3, -0.25) is 9.78 Å². The van der Waals surface area contributed by atoms with Crippen molar-refractivity contribution in [2.75, 3.05) is 5.32 Å². The minimum Gasteiger partial charge on any atom is -0.321 e. The lowest BCUT2D eigenvalue weighted by molar-refractivity contribution is -0.0790. The summed E-state index contributed by atoms with van der Waals surface area (Å²) in [5, 5.41) is 4.66. The summed E-state index contributed by atoms with van der Waals surface area (Å²) in [6.07, 6.45) is -1.47. The van der Waals surface area contributed by atoms with Crippen molar-refractivity contribution in [3.63, 3.8) is 0 Å². The quantitative estimate of drug-likeness (QED) is 0.644. The first-order valence-corrected chi connectivity index (χ1v) is 8.26. The van der Waals surface area contributed by atoms with Gasteiger partial charge in [0.2, 0.25) is 0 Å². The van der Waals surface area contributed by atoms with Gasteiger partial charge in [-0.1, -0.05) is 30.3 Å². The normalized spacial score (nSPS) is 11.9. The Morgan fingerprint density at radius 3 is 2.59 bits per heavy atom. The standard InChI is InChI=1S/C21H17F3N2O/c1-13-10-15(8-9-21(22,23)24)6-7-17(13)20(27)26-19-5-3-4-16-12-25-14(2)11-18(16)19/h3-12H,1-2H3,(H,26,27)/b9-8+. The Balaban J connectivity index is 1.87. The first kappa shape index (κ1) is 18.6. The fourth-order valence-electron chi connectivity index (χ4n) is 2.81. The van der Waals surface area contributed by atoms with Crippen LogP contribution < -0.4 is 5.32 Å². The van der Waals surface area contributed by atoms with E-state index in [0.29, 0.717) is 22.4 Å². The van der Waals surface area contributed by atoms with Gasteiger partial charge in [0.15, 0.2) is 0 Å². The number of carbonyl (C=O) groups excluding carboxylic acids is 1. The molecule has 0 bridgehead atoms. The highest BCUT2D eigenvalue weighted by Crippen LogP contribution is 2.25. The largest absolute Gasteiger partial charge is 0.409 e. The van der Waals surface area contributed by atoms with Gasteiger partial charge in [-0.15, -0.1) is 0 Å². The van der Waals surface area contributed by atoms with Crippen LogP contribution in [-0.2, 0) is 0 Å². The van der Waals surface area contributed by atoms with E-state index >= 15 is 0 Å². The van der Waals surface area contributed by atoms with Crippen molar-refractivity contribution >= 4 is 28.4 Å². The van der Waals surface area contributed by atoms with Crippen molar-refractivity contribution < 1.29 is 18.0 Å². The van der Waals surface area contributed by atoms with Crippen molar-refractivity contribution in [1.29, 1.82) is 0 Å². The van der Waals surface area contributed by atoms with Crippen LogP contribution in [0.15, 0.2) is 54.7 Å². The maximum Gasteiger partial charge on any atom is 0.409 e. The van der Waals surface area contributed by atoms with Gasteiger partial charge in [-0.2, -0.15) is 13.2 Å². The first-order chi connectivity index (χ1) is 12.7. The first-order valence-electron chi connectivity index (χ1n) is 8.26. The molecule has 1 heterocycles. The van der Waals surface area contributed by atoms with Crippen LogP contribution in [0.5, 0.6) is 0 Å². The van der Waals surface area contributed by atoms with Crippen molar-refractivity contribution in [2.24, 2.45) is 0 Å². The minimum absolute atomic E-state index is 0.175. The highest BCUT2D eigenvalue weighted by Gasteiger charge is 2.21. The number of benzene rings is 2. The topological polar surface area (TPSA) is 42.0 Å². The van der Waals surface area contributed by atoms with Gasteiger partial charge in [-0.25, -0.2) is 0 Å². The molecular formula is C21H17F3N2O. The molecule has 1 aromatic heterocycles. The molecule has 138 valence electrons. The van der Waals surface area contributed by atoms with Crippen molar-refractivity contribution in [3.05, 3.63) is 77.1 Å². The number of rotatable bonds is 3. The summed E-state index contributed by atoms with van der Waals surface area (Å²) < 4.78 is 36.9. The number of allylic oxidation sites excluding steroid dienone is 1. The fraction of sp³-hybridized carbons (Fsp3) is 0.143. The van der Waals surface area contributed by atoms with Gasteiger partial charge in [0, 0.05) is 40.0 Å². The SMILES string of the molecule is Cc1cc2c(NC(=O)c3ccc(/C=C/C(F)(F)F)cc3C)cccc2cn1. The fourth-order valence-corrected chi connectivity index (χ4v) is 2.81. The van der Waals surface area contributed by atoms with Gasteiger partial charge in [-0.05, 0) is 43.2 Å². The van der Waals surface area contributed by atoms with Crippen LogP contribution in [-0.4, -0.2) is 17.1 Å². The maximum atomic E-state index is 12.7. The van der Waals surface area contributed by atoms with Crippen LogP contribution in [0.4, 0.5) is 18.9 Å². The van der Waals surface area contributed by atoms with E-state index in [2.05, 4.69) is 10.3 Å². The van der Waals surface area contributed by atoms with Crippen molar-refractivity contribution in [1.82, 2.24) is 4.98 Å². The number of pyridine rings is 1. The number of alkyl halides is 3. The monoisotopic (exact) mass is 370 g/mol. The molecule has 0 spiro atoms. The van der Waals surface area contributed by atoms with Gasteiger partial charge >= 0.3 is 6.18 Å². The van der Waals surface area contributed by atoms with Gasteiger partial charge < -0.3 is 5.32 Å². The summed E-state index contributed by atoms with van der Waals surface area (Å²) in [4.78, 5) is 16.9. The molecule has 0 radical (unpaired) electrons. The molecule has 0 fully saturated rings. The van der Waals surface area contributed by atoms with E-state index in [1.807, 2.05) is 25.1 Å². The number of hydrogen-bond acceptors (Lipinski definition) is 2. The Kier molecular flexibility index (Phi) is 4.99. The summed E-state index contributed by atoms with van der Waals surface area (Å²) in [5.74, 6) is -0.319. The molecule has 0 saturated heterocycles. The summed E-state index contributed by atoms with van der Waals surface area (Å²) >= 11 is 0. The van der Waals surface area contributed by atoms with Crippen molar-refractivity contribution in [2.45, 2.75) is 20.0 Å². The Labute approximate surface area is 154 Å². The highest BCUT2D eigenvalue weighted by atomic mass is 19.4. The zero-order valence-corrected chi connectivity index (χ0v) is 14.8. The van der Waals surface area contributed by atoms with E-state index in [-0.39, 0.29) is 12.0 Å². The zero-order valence-electron chi connectivity index (χ0n) is 14.8. The number of aromatic nitrogens is 1. The zero-order chi connectivity index (χ0) is 19.6. The number of hydrogen-bond donors (Lipinski definition) is 1. The third kappa shape index (κ3) is 4.53. The molecule has 0 unspecified atom stereocenters. The van der Waals surface area contributed by atoms with Gasteiger partial charge in [0.1, 0.15) is 0 Å². The summed E-state index contributed by atoms with van der Waals surface area (Å²) in [7, 11) is 0. The molecule has 1 amide bonds. The molecule has 0 aliphatic rings. The molecule has 2 aromatic carbocycles. The van der Waals surface area contributed by atoms with E-state index in [4.69, 9.17) is 0 Å². The van der Waals surface area contributed by atoms with Crippen LogP contribution in [0.3, 0.4) is 0 Å². The second kappa shape index (κ2) is 7.23. The third-order valence-electron chi connectivity index (χ3n) is 4.11. The summed E-state index contributed by atoms with van der Waals surface area (Å²) in [6.45, 7) is 3.56. The predicted octanol–water partition coefficient (Wildman–Crippen LogP) is 5.68. The molecule has 0 saturated carbocycles. The van der Waals surface area contributed by atoms with Crippen LogP contribution in [0.2, 0.25) is 0 Å². The Hall–Kier alpha value is -3.15. The Morgan fingerprint density at radius 2 is 1.89 bits per heavy atom. The molecule has 0 aliphatic heterocycles. The Morgan fingerprint density at radius 1 is 1.11 bits per heavy atom. The molecule has 3 rings (SSSR count). The molecule has 3 nitrogen and oxygen atoms in total. The number of anilines is 1. The van der Waals surface area contributed by atoms with E-state index in [0.717, 1.165) is 22.5 Å². The predicted molar refractivity (Wildman–Crippen MR) is 101 cm³/mol. The average molecular weight is 370 g/mol. The minimum atomic E-state index is -4.37. The van der Waals surface area contributed by atoms with E-state index in [9.17, 15) is 18.0 Å². The molecule has 3 aromatic rings. The second-order valence-electron chi connectivity index (χ2n) is 6.26. The van der Waals surface area contributed by atoms with Crippen LogP contribution in [0.25, 0.3) is 16.8 Å². The lowest BCUT2D eigenvalue weighted by Crippen LogP contribution is -2.13.